The third-order valence-electron chi connectivity index (χ3n) is 5.18. The number of piperidine rings is 1. The molecular weight excluding hydrogens is 224 g/mol. The van der Waals surface area contributed by atoms with E-state index in [2.05, 4.69) is 27.7 Å². The Labute approximate surface area is 112 Å². The van der Waals surface area contributed by atoms with Crippen molar-refractivity contribution in [3.05, 3.63) is 0 Å². The Bertz CT molecular complexity index is 264. The largest absolute Gasteiger partial charge is 0.341 e. The molecule has 0 aliphatic carbocycles. The van der Waals surface area contributed by atoms with Crippen LogP contribution in [-0.2, 0) is 4.79 Å². The second-order valence-electron chi connectivity index (χ2n) is 5.94. The van der Waals surface area contributed by atoms with Gasteiger partial charge in [0.2, 0.25) is 5.91 Å². The summed E-state index contributed by atoms with van der Waals surface area (Å²) in [5.41, 5.74) is 6.51. The minimum atomic E-state index is -0.314. The van der Waals surface area contributed by atoms with Crippen molar-refractivity contribution >= 4 is 5.91 Å². The van der Waals surface area contributed by atoms with Crippen LogP contribution in [0.3, 0.4) is 0 Å². The van der Waals surface area contributed by atoms with Crippen molar-refractivity contribution in [2.75, 3.05) is 13.1 Å². The average molecular weight is 254 g/mol. The smallest absolute Gasteiger partial charge is 0.239 e. The Kier molecular flexibility index (Phi) is 5.64. The lowest BCUT2D eigenvalue weighted by Crippen LogP contribution is -2.51. The van der Waals surface area contributed by atoms with E-state index in [9.17, 15) is 4.79 Å². The van der Waals surface area contributed by atoms with E-state index in [1.54, 1.807) is 0 Å². The molecule has 0 saturated carbocycles. The molecule has 106 valence electrons. The van der Waals surface area contributed by atoms with Crippen LogP contribution in [0.15, 0.2) is 0 Å². The molecule has 2 N–H and O–H groups in total. The number of carbonyl (C=O) groups excluding carboxylic acids is 1. The number of carbonyl (C=O) groups is 1. The first-order chi connectivity index (χ1) is 8.49. The van der Waals surface area contributed by atoms with Crippen LogP contribution >= 0.6 is 0 Å². The van der Waals surface area contributed by atoms with E-state index in [1.165, 1.54) is 12.8 Å². The fourth-order valence-electron chi connectivity index (χ4n) is 2.87. The monoisotopic (exact) mass is 254 g/mol. The predicted octanol–water partition coefficient (Wildman–Crippen LogP) is 2.79. The lowest BCUT2D eigenvalue weighted by Gasteiger charge is -2.42. The Balaban J connectivity index is 2.55. The molecule has 0 radical (unpaired) electrons. The lowest BCUT2D eigenvalue weighted by atomic mass is 9.74. The molecule has 1 heterocycles. The molecule has 3 nitrogen and oxygen atoms in total. The second-order valence-corrected chi connectivity index (χ2v) is 5.94. The topological polar surface area (TPSA) is 46.3 Å². The van der Waals surface area contributed by atoms with E-state index in [0.717, 1.165) is 32.4 Å². The summed E-state index contributed by atoms with van der Waals surface area (Å²) < 4.78 is 0. The predicted molar refractivity (Wildman–Crippen MR) is 76.3 cm³/mol. The highest BCUT2D eigenvalue weighted by atomic mass is 16.2. The summed E-state index contributed by atoms with van der Waals surface area (Å²) in [7, 11) is 0. The maximum Gasteiger partial charge on any atom is 0.239 e. The molecule has 1 aliphatic rings. The van der Waals surface area contributed by atoms with Crippen LogP contribution in [0.2, 0.25) is 0 Å². The van der Waals surface area contributed by atoms with Gasteiger partial charge in [0.05, 0.1) is 6.04 Å². The Morgan fingerprint density at radius 3 is 2.11 bits per heavy atom. The van der Waals surface area contributed by atoms with Crippen molar-refractivity contribution in [2.45, 2.75) is 65.8 Å². The summed E-state index contributed by atoms with van der Waals surface area (Å²) in [5.74, 6) is 0.437. The molecule has 0 aromatic rings. The van der Waals surface area contributed by atoms with Gasteiger partial charge in [-0.2, -0.15) is 0 Å². The standard InChI is InChI=1S/C15H30N2O/c1-5-12(4)13(16)14(18)17-10-8-15(6-2,7-3)9-11-17/h12-13H,5-11,16H2,1-4H3. The Morgan fingerprint density at radius 1 is 1.22 bits per heavy atom. The summed E-state index contributed by atoms with van der Waals surface area (Å²) in [6.45, 7) is 10.5. The van der Waals surface area contributed by atoms with Crippen LogP contribution in [0.5, 0.6) is 0 Å². The van der Waals surface area contributed by atoms with E-state index >= 15 is 0 Å². The first-order valence-corrected chi connectivity index (χ1v) is 7.54. The average Bonchev–Trinajstić information content (AvgIpc) is 2.44. The van der Waals surface area contributed by atoms with Gasteiger partial charge in [0.1, 0.15) is 0 Å². The van der Waals surface area contributed by atoms with Crippen molar-refractivity contribution in [3.63, 3.8) is 0 Å². The summed E-state index contributed by atoms with van der Waals surface area (Å²) in [6.07, 6.45) is 5.69. The molecule has 3 heteroatoms. The molecule has 0 spiro atoms. The molecule has 0 bridgehead atoms. The van der Waals surface area contributed by atoms with Gasteiger partial charge in [-0.15, -0.1) is 0 Å². The van der Waals surface area contributed by atoms with Gasteiger partial charge in [0.25, 0.3) is 0 Å². The van der Waals surface area contributed by atoms with Crippen molar-refractivity contribution in [2.24, 2.45) is 17.1 Å². The van der Waals surface area contributed by atoms with Crippen LogP contribution in [0.4, 0.5) is 0 Å². The highest BCUT2D eigenvalue weighted by Gasteiger charge is 2.34. The fourth-order valence-corrected chi connectivity index (χ4v) is 2.87. The molecular formula is C15H30N2O. The number of nitrogens with zero attached hydrogens (tertiary/aromatic N) is 1. The molecule has 1 saturated heterocycles. The third kappa shape index (κ3) is 3.25. The quantitative estimate of drug-likeness (QED) is 0.820. The zero-order valence-corrected chi connectivity index (χ0v) is 12.5. The number of rotatable bonds is 5. The SMILES string of the molecule is CCC(C)C(N)C(=O)N1CCC(CC)(CC)CC1. The van der Waals surface area contributed by atoms with E-state index in [-0.39, 0.29) is 17.9 Å². The number of hydrogen-bond donors (Lipinski definition) is 1. The van der Waals surface area contributed by atoms with Gasteiger partial charge in [-0.05, 0) is 24.2 Å². The van der Waals surface area contributed by atoms with E-state index in [0.29, 0.717) is 5.41 Å². The molecule has 2 atom stereocenters. The molecule has 1 amide bonds. The van der Waals surface area contributed by atoms with Gasteiger partial charge >= 0.3 is 0 Å². The summed E-state index contributed by atoms with van der Waals surface area (Å²) in [6, 6.07) is -0.314. The van der Waals surface area contributed by atoms with Gasteiger partial charge < -0.3 is 10.6 Å². The number of likely N-dealkylation sites (tertiary alicyclic amines) is 1. The first-order valence-electron chi connectivity index (χ1n) is 7.54. The highest BCUT2D eigenvalue weighted by Crippen LogP contribution is 2.38. The van der Waals surface area contributed by atoms with Crippen molar-refractivity contribution < 1.29 is 4.79 Å². The van der Waals surface area contributed by atoms with Crippen LogP contribution in [0, 0.1) is 11.3 Å². The minimum Gasteiger partial charge on any atom is -0.341 e. The highest BCUT2D eigenvalue weighted by molar-refractivity contribution is 5.82. The number of amides is 1. The van der Waals surface area contributed by atoms with Gasteiger partial charge in [-0.1, -0.05) is 47.0 Å². The maximum absolute atomic E-state index is 12.3. The molecule has 1 aliphatic heterocycles. The van der Waals surface area contributed by atoms with Crippen LogP contribution in [0.25, 0.3) is 0 Å². The summed E-state index contributed by atoms with van der Waals surface area (Å²) in [4.78, 5) is 14.3. The molecule has 0 aromatic heterocycles. The van der Waals surface area contributed by atoms with Crippen molar-refractivity contribution in [1.29, 1.82) is 0 Å². The van der Waals surface area contributed by atoms with Crippen molar-refractivity contribution in [1.82, 2.24) is 4.90 Å². The number of nitrogens with two attached hydrogens (primary N) is 1. The van der Waals surface area contributed by atoms with E-state index in [4.69, 9.17) is 5.73 Å². The first kappa shape index (κ1) is 15.5. The fraction of sp³-hybridized carbons (Fsp3) is 0.933. The van der Waals surface area contributed by atoms with Crippen LogP contribution in [0.1, 0.15) is 59.8 Å². The summed E-state index contributed by atoms with van der Waals surface area (Å²) >= 11 is 0. The minimum absolute atomic E-state index is 0.158. The summed E-state index contributed by atoms with van der Waals surface area (Å²) in [5, 5.41) is 0. The van der Waals surface area contributed by atoms with Gasteiger partial charge in [-0.3, -0.25) is 4.79 Å². The molecule has 2 unspecified atom stereocenters. The van der Waals surface area contributed by atoms with Crippen molar-refractivity contribution in [3.8, 4) is 0 Å². The molecule has 18 heavy (non-hydrogen) atoms. The second kappa shape index (κ2) is 6.55. The normalized spacial score (nSPS) is 22.6. The van der Waals surface area contributed by atoms with E-state index < -0.39 is 0 Å². The van der Waals surface area contributed by atoms with Gasteiger partial charge in [0, 0.05) is 13.1 Å². The Morgan fingerprint density at radius 2 is 1.72 bits per heavy atom. The van der Waals surface area contributed by atoms with Gasteiger partial charge in [-0.25, -0.2) is 0 Å². The zero-order chi connectivity index (χ0) is 13.8. The van der Waals surface area contributed by atoms with Crippen LogP contribution in [-0.4, -0.2) is 29.9 Å². The molecule has 1 rings (SSSR count). The Hall–Kier alpha value is -0.570. The van der Waals surface area contributed by atoms with Crippen LogP contribution < -0.4 is 5.73 Å². The lowest BCUT2D eigenvalue weighted by molar-refractivity contribution is -0.136. The van der Waals surface area contributed by atoms with E-state index in [1.807, 2.05) is 4.90 Å². The zero-order valence-electron chi connectivity index (χ0n) is 12.5. The number of hydrogen-bond acceptors (Lipinski definition) is 2. The molecule has 0 aromatic carbocycles. The maximum atomic E-state index is 12.3. The third-order valence-corrected chi connectivity index (χ3v) is 5.18. The molecule has 1 fully saturated rings. The van der Waals surface area contributed by atoms with Gasteiger partial charge in [0.15, 0.2) is 0 Å².